The van der Waals surface area contributed by atoms with Crippen molar-refractivity contribution in [3.63, 3.8) is 0 Å². The minimum atomic E-state index is -3.46. The van der Waals surface area contributed by atoms with Gasteiger partial charge in [-0.05, 0) is 17.7 Å². The summed E-state index contributed by atoms with van der Waals surface area (Å²) < 4.78 is 24.1. The molecule has 0 amide bonds. The van der Waals surface area contributed by atoms with E-state index in [0.717, 1.165) is 0 Å². The van der Waals surface area contributed by atoms with Crippen LogP contribution < -0.4 is 0 Å². The zero-order valence-corrected chi connectivity index (χ0v) is 11.7. The Morgan fingerprint density at radius 2 is 2.00 bits per heavy atom. The lowest BCUT2D eigenvalue weighted by Gasteiger charge is -2.00. The van der Waals surface area contributed by atoms with Crippen LogP contribution in [-0.2, 0) is 9.84 Å². The molecule has 1 aliphatic rings. The summed E-state index contributed by atoms with van der Waals surface area (Å²) in [4.78, 5) is 0. The van der Waals surface area contributed by atoms with Crippen molar-refractivity contribution >= 4 is 21.4 Å². The summed E-state index contributed by atoms with van der Waals surface area (Å²) in [6, 6.07) is 10.4. The molecule has 98 valence electrons. The van der Waals surface area contributed by atoms with E-state index in [1.165, 1.54) is 6.92 Å². The Balaban J connectivity index is 2.53. The van der Waals surface area contributed by atoms with Crippen LogP contribution in [0.2, 0.25) is 5.02 Å². The molecule has 2 unspecified atom stereocenters. The van der Waals surface area contributed by atoms with E-state index in [-0.39, 0.29) is 5.75 Å². The van der Waals surface area contributed by atoms with E-state index in [1.54, 1.807) is 24.3 Å². The van der Waals surface area contributed by atoms with Crippen LogP contribution in [-0.4, -0.2) is 19.4 Å². The first-order chi connectivity index (χ1) is 8.93. The van der Waals surface area contributed by atoms with E-state index in [1.807, 2.05) is 12.1 Å². The highest BCUT2D eigenvalue weighted by atomic mass is 35.5. The largest absolute Gasteiger partial charge is 0.228 e. The van der Waals surface area contributed by atoms with Crippen LogP contribution in [0, 0.1) is 28.1 Å². The highest BCUT2D eigenvalue weighted by molar-refractivity contribution is 7.92. The van der Waals surface area contributed by atoms with Crippen LogP contribution in [0.25, 0.3) is 0 Å². The number of nitriles is 2. The fourth-order valence-corrected chi connectivity index (χ4v) is 4.54. The number of hydrogen-bond donors (Lipinski definition) is 0. The molecule has 1 saturated carbocycles. The number of hydrogen-bond acceptors (Lipinski definition) is 4. The quantitative estimate of drug-likeness (QED) is 0.856. The third-order valence-electron chi connectivity index (χ3n) is 3.50. The molecule has 0 heterocycles. The van der Waals surface area contributed by atoms with E-state index in [9.17, 15) is 18.9 Å². The summed E-state index contributed by atoms with van der Waals surface area (Å²) in [6.07, 6.45) is 0. The van der Waals surface area contributed by atoms with Crippen LogP contribution in [0.1, 0.15) is 18.4 Å². The Kier molecular flexibility index (Phi) is 3.30. The van der Waals surface area contributed by atoms with Crippen molar-refractivity contribution in [2.75, 3.05) is 5.75 Å². The first-order valence-electron chi connectivity index (χ1n) is 5.72. The van der Waals surface area contributed by atoms with Crippen molar-refractivity contribution in [3.8, 4) is 12.1 Å². The van der Waals surface area contributed by atoms with Crippen LogP contribution in [0.15, 0.2) is 24.3 Å². The van der Waals surface area contributed by atoms with E-state index >= 15 is 0 Å². The molecule has 0 saturated heterocycles. The number of sulfone groups is 1. The second kappa shape index (κ2) is 4.52. The molecule has 6 heteroatoms. The summed E-state index contributed by atoms with van der Waals surface area (Å²) in [5, 5.41) is 17.9. The minimum absolute atomic E-state index is 0.0835. The highest BCUT2D eigenvalue weighted by Gasteiger charge is 2.72. The van der Waals surface area contributed by atoms with Crippen molar-refractivity contribution in [2.24, 2.45) is 5.41 Å². The third-order valence-corrected chi connectivity index (χ3v) is 5.96. The Morgan fingerprint density at radius 1 is 1.37 bits per heavy atom. The molecule has 4 nitrogen and oxygen atoms in total. The number of nitrogens with zero attached hydrogens (tertiary/aromatic N) is 2. The van der Waals surface area contributed by atoms with Gasteiger partial charge in [0.15, 0.2) is 15.3 Å². The molecule has 0 spiro atoms. The van der Waals surface area contributed by atoms with Crippen molar-refractivity contribution in [3.05, 3.63) is 34.9 Å². The number of halogens is 1. The summed E-state index contributed by atoms with van der Waals surface area (Å²) in [6.45, 7) is 1.52. The van der Waals surface area contributed by atoms with Gasteiger partial charge in [0.1, 0.15) is 5.25 Å². The summed E-state index contributed by atoms with van der Waals surface area (Å²) in [5.74, 6) is -0.703. The Labute approximate surface area is 117 Å². The first-order valence-corrected chi connectivity index (χ1v) is 7.82. The predicted molar refractivity (Wildman–Crippen MR) is 71.1 cm³/mol. The van der Waals surface area contributed by atoms with Gasteiger partial charge in [0, 0.05) is 16.7 Å². The maximum atomic E-state index is 12.0. The van der Waals surface area contributed by atoms with Crippen LogP contribution >= 0.6 is 11.6 Å². The van der Waals surface area contributed by atoms with Gasteiger partial charge in [-0.1, -0.05) is 30.7 Å². The fourth-order valence-electron chi connectivity index (χ4n) is 2.46. The lowest BCUT2D eigenvalue weighted by Crippen LogP contribution is -2.15. The molecule has 0 N–H and O–H groups in total. The fraction of sp³-hybridized carbons (Fsp3) is 0.385. The molecule has 0 bridgehead atoms. The standard InChI is InChI=1S/C13H11ClN2O2S/c1-2-19(17,18)12-11(13(12,7-15)8-16)9-4-3-5-10(14)6-9/h3-6,11-12H,2H2,1H3. The van der Waals surface area contributed by atoms with E-state index in [2.05, 4.69) is 0 Å². The topological polar surface area (TPSA) is 81.7 Å². The smallest absolute Gasteiger partial charge is 0.169 e. The van der Waals surface area contributed by atoms with Crippen molar-refractivity contribution in [1.29, 1.82) is 10.5 Å². The molecule has 2 rings (SSSR count). The molecule has 1 aromatic rings. The van der Waals surface area contributed by atoms with Crippen LogP contribution in [0.4, 0.5) is 0 Å². The summed E-state index contributed by atoms with van der Waals surface area (Å²) >= 11 is 5.88. The molecule has 1 aliphatic carbocycles. The normalized spacial score (nSPS) is 24.2. The second-order valence-corrected chi connectivity index (χ2v) is 7.34. The predicted octanol–water partition coefficient (Wildman–Crippen LogP) is 2.27. The number of rotatable bonds is 3. The number of benzene rings is 1. The second-order valence-electron chi connectivity index (χ2n) is 4.50. The van der Waals surface area contributed by atoms with E-state index < -0.39 is 26.4 Å². The zero-order valence-electron chi connectivity index (χ0n) is 10.2. The first kappa shape index (κ1) is 13.9. The third kappa shape index (κ3) is 2.00. The van der Waals surface area contributed by atoms with Crippen molar-refractivity contribution in [2.45, 2.75) is 18.1 Å². The lowest BCUT2D eigenvalue weighted by atomic mass is 10.0. The van der Waals surface area contributed by atoms with Gasteiger partial charge in [0.2, 0.25) is 0 Å². The van der Waals surface area contributed by atoms with Gasteiger partial charge in [0.05, 0.1) is 12.1 Å². The molecule has 0 aliphatic heterocycles. The Bertz CT molecular complexity index is 686. The van der Waals surface area contributed by atoms with Gasteiger partial charge in [-0.25, -0.2) is 8.42 Å². The molecule has 1 fully saturated rings. The highest BCUT2D eigenvalue weighted by Crippen LogP contribution is 2.62. The van der Waals surface area contributed by atoms with Crippen molar-refractivity contribution in [1.82, 2.24) is 0 Å². The van der Waals surface area contributed by atoms with Gasteiger partial charge in [-0.15, -0.1) is 0 Å². The van der Waals surface area contributed by atoms with Gasteiger partial charge in [-0.2, -0.15) is 10.5 Å². The lowest BCUT2D eigenvalue weighted by molar-refractivity contribution is 0.592. The van der Waals surface area contributed by atoms with Gasteiger partial charge >= 0.3 is 0 Å². The van der Waals surface area contributed by atoms with E-state index in [4.69, 9.17) is 11.6 Å². The average Bonchev–Trinajstić information content (AvgIpc) is 3.09. The molecular weight excluding hydrogens is 284 g/mol. The van der Waals surface area contributed by atoms with Gasteiger partial charge in [-0.3, -0.25) is 0 Å². The SMILES string of the molecule is CCS(=O)(=O)C1C(c2cccc(Cl)c2)C1(C#N)C#N. The molecule has 0 aromatic heterocycles. The van der Waals surface area contributed by atoms with Gasteiger partial charge in [0.25, 0.3) is 0 Å². The molecule has 0 radical (unpaired) electrons. The van der Waals surface area contributed by atoms with Crippen molar-refractivity contribution < 1.29 is 8.42 Å². The molecular formula is C13H11ClN2O2S. The maximum Gasteiger partial charge on any atom is 0.169 e. The van der Waals surface area contributed by atoms with Gasteiger partial charge < -0.3 is 0 Å². The molecule has 1 aromatic carbocycles. The van der Waals surface area contributed by atoms with Crippen LogP contribution in [0.3, 0.4) is 0 Å². The molecule has 19 heavy (non-hydrogen) atoms. The molecule has 2 atom stereocenters. The minimum Gasteiger partial charge on any atom is -0.228 e. The Morgan fingerprint density at radius 3 is 2.47 bits per heavy atom. The van der Waals surface area contributed by atoms with Crippen LogP contribution in [0.5, 0.6) is 0 Å². The summed E-state index contributed by atoms with van der Waals surface area (Å²) in [5.41, 5.74) is -0.864. The zero-order chi connectivity index (χ0) is 14.3. The van der Waals surface area contributed by atoms with E-state index in [0.29, 0.717) is 10.6 Å². The monoisotopic (exact) mass is 294 g/mol. The maximum absolute atomic E-state index is 12.0. The summed E-state index contributed by atoms with van der Waals surface area (Å²) in [7, 11) is -3.46. The average molecular weight is 295 g/mol. The Hall–Kier alpha value is -1.56.